The molecule has 2 spiro atoms. The number of likely N-dealkylation sites (tertiary alicyclic amines) is 1. The molecule has 1 amide bonds. The maximum atomic E-state index is 12.6. The zero-order valence-corrected chi connectivity index (χ0v) is 23.0. The van der Waals surface area contributed by atoms with Gasteiger partial charge in [0.25, 0.3) is 5.91 Å². The number of carbonyl (C=O) groups is 1. The van der Waals surface area contributed by atoms with Crippen LogP contribution in [0.4, 0.5) is 5.69 Å². The molecule has 4 aliphatic rings. The zero-order chi connectivity index (χ0) is 25.4. The van der Waals surface area contributed by atoms with E-state index in [1.165, 1.54) is 90.1 Å². The quantitative estimate of drug-likeness (QED) is 0.435. The third-order valence-corrected chi connectivity index (χ3v) is 10.5. The average molecular weight is 492 g/mol. The zero-order valence-electron chi connectivity index (χ0n) is 23.0. The molecule has 0 bridgehead atoms. The second kappa shape index (κ2) is 12.6. The molecule has 198 valence electrons. The second-order valence-electron chi connectivity index (χ2n) is 12.4. The van der Waals surface area contributed by atoms with E-state index >= 15 is 0 Å². The number of carbonyl (C=O) groups excluding carboxylic acids is 1. The van der Waals surface area contributed by atoms with Gasteiger partial charge in [0, 0.05) is 18.7 Å². The van der Waals surface area contributed by atoms with E-state index < -0.39 is 0 Å². The van der Waals surface area contributed by atoms with Crippen LogP contribution >= 0.6 is 0 Å². The molecule has 0 radical (unpaired) electrons. The van der Waals surface area contributed by atoms with Gasteiger partial charge in [-0.2, -0.15) is 0 Å². The highest BCUT2D eigenvalue weighted by atomic mass is 16.2. The Morgan fingerprint density at radius 3 is 1.75 bits per heavy atom. The van der Waals surface area contributed by atoms with Crippen LogP contribution in [-0.4, -0.2) is 37.0 Å². The highest BCUT2D eigenvalue weighted by molar-refractivity contribution is 5.94. The largest absolute Gasteiger partial charge is 0.339 e. The Hall–Kier alpha value is -1.86. The summed E-state index contributed by atoms with van der Waals surface area (Å²) in [7, 11) is 0. The lowest BCUT2D eigenvalue weighted by Crippen LogP contribution is -2.44. The Morgan fingerprint density at radius 2 is 1.31 bits per heavy atom. The van der Waals surface area contributed by atoms with Crippen LogP contribution in [0.25, 0.3) is 4.85 Å². The molecule has 0 unspecified atom stereocenters. The van der Waals surface area contributed by atoms with Crippen molar-refractivity contribution in [3.05, 3.63) is 41.2 Å². The highest BCUT2D eigenvalue weighted by Gasteiger charge is 2.39. The van der Waals surface area contributed by atoms with Crippen molar-refractivity contribution in [1.29, 1.82) is 0 Å². The number of benzene rings is 1. The lowest BCUT2D eigenvalue weighted by Gasteiger charge is -2.46. The minimum absolute atomic E-state index is 0.124. The van der Waals surface area contributed by atoms with Crippen LogP contribution in [0.2, 0.25) is 0 Å². The van der Waals surface area contributed by atoms with Crippen molar-refractivity contribution in [1.82, 2.24) is 10.2 Å². The summed E-state index contributed by atoms with van der Waals surface area (Å²) in [6.45, 7) is 16.0. The van der Waals surface area contributed by atoms with Gasteiger partial charge in [0.1, 0.15) is 0 Å². The minimum Gasteiger partial charge on any atom is -0.339 e. The molecule has 5 rings (SSSR count). The number of piperidine rings is 2. The molecule has 1 N–H and O–H groups in total. The van der Waals surface area contributed by atoms with Gasteiger partial charge in [0.2, 0.25) is 0 Å². The number of amides is 1. The van der Waals surface area contributed by atoms with E-state index in [2.05, 4.69) is 24.0 Å². The SMILES string of the molecule is CCC1CCC2(CCNCC2)CC1.[C-]#[N+]c1ccc(C(=O)N2CCC3(CCC(CC)CC3)CC2)cc1. The predicted molar refractivity (Wildman–Crippen MR) is 149 cm³/mol. The van der Waals surface area contributed by atoms with Crippen LogP contribution in [0.1, 0.15) is 114 Å². The fourth-order valence-electron chi connectivity index (χ4n) is 7.40. The molecule has 2 aliphatic heterocycles. The van der Waals surface area contributed by atoms with Gasteiger partial charge in [-0.15, -0.1) is 0 Å². The molecule has 1 aromatic carbocycles. The molecular weight excluding hydrogens is 442 g/mol. The smallest absolute Gasteiger partial charge is 0.253 e. The van der Waals surface area contributed by atoms with Crippen molar-refractivity contribution in [2.45, 2.75) is 104 Å². The first-order valence-electron chi connectivity index (χ1n) is 15.0. The Morgan fingerprint density at radius 1 is 0.833 bits per heavy atom. The van der Waals surface area contributed by atoms with E-state index in [0.717, 1.165) is 43.2 Å². The third-order valence-electron chi connectivity index (χ3n) is 10.5. The molecule has 4 nitrogen and oxygen atoms in total. The van der Waals surface area contributed by atoms with Crippen molar-refractivity contribution < 1.29 is 4.79 Å². The van der Waals surface area contributed by atoms with E-state index in [1.54, 1.807) is 24.3 Å². The third kappa shape index (κ3) is 6.71. The molecule has 2 saturated heterocycles. The lowest BCUT2D eigenvalue weighted by atomic mass is 9.65. The van der Waals surface area contributed by atoms with Crippen LogP contribution in [-0.2, 0) is 0 Å². The van der Waals surface area contributed by atoms with Crippen molar-refractivity contribution in [2.75, 3.05) is 26.2 Å². The summed E-state index contributed by atoms with van der Waals surface area (Å²) in [5.74, 6) is 2.11. The molecule has 36 heavy (non-hydrogen) atoms. The molecule has 4 heteroatoms. The maximum absolute atomic E-state index is 12.6. The van der Waals surface area contributed by atoms with Crippen LogP contribution in [0.3, 0.4) is 0 Å². The number of hydrogen-bond acceptors (Lipinski definition) is 2. The molecule has 0 aromatic heterocycles. The number of hydrogen-bond donors (Lipinski definition) is 1. The molecule has 2 saturated carbocycles. The first-order valence-corrected chi connectivity index (χ1v) is 15.0. The maximum Gasteiger partial charge on any atom is 0.253 e. The standard InChI is InChI=1S/C20H26N2O.C12H23N/c1-3-16-8-10-20(11-9-16)12-14-22(15-13-20)19(23)17-4-6-18(21-2)7-5-17;1-2-11-3-5-12(6-4-11)7-9-13-10-8-12/h4-7,16H,3,8-15H2,1H3;11,13H,2-10H2,1H3. The highest BCUT2D eigenvalue weighted by Crippen LogP contribution is 2.47. The Labute approximate surface area is 220 Å². The first kappa shape index (κ1) is 27.2. The second-order valence-corrected chi connectivity index (χ2v) is 12.4. The molecular formula is C32H49N3O. The summed E-state index contributed by atoms with van der Waals surface area (Å²) in [5, 5.41) is 3.48. The summed E-state index contributed by atoms with van der Waals surface area (Å²) in [4.78, 5) is 18.0. The summed E-state index contributed by atoms with van der Waals surface area (Å²) >= 11 is 0. The van der Waals surface area contributed by atoms with E-state index in [1.807, 2.05) is 4.90 Å². The van der Waals surface area contributed by atoms with Gasteiger partial charge >= 0.3 is 0 Å². The Bertz CT molecular complexity index is 852. The van der Waals surface area contributed by atoms with Gasteiger partial charge in [-0.1, -0.05) is 51.0 Å². The van der Waals surface area contributed by atoms with Crippen LogP contribution < -0.4 is 5.32 Å². The van der Waals surface area contributed by atoms with E-state index in [4.69, 9.17) is 6.57 Å². The van der Waals surface area contributed by atoms with Crippen molar-refractivity contribution in [3.8, 4) is 0 Å². The van der Waals surface area contributed by atoms with E-state index in [9.17, 15) is 4.79 Å². The van der Waals surface area contributed by atoms with Crippen LogP contribution in [0.15, 0.2) is 24.3 Å². The first-order chi connectivity index (χ1) is 17.5. The van der Waals surface area contributed by atoms with E-state index in [0.29, 0.717) is 16.7 Å². The van der Waals surface area contributed by atoms with Crippen LogP contribution in [0, 0.1) is 29.2 Å². The summed E-state index contributed by atoms with van der Waals surface area (Å²) in [6.07, 6.45) is 19.5. The van der Waals surface area contributed by atoms with Crippen LogP contribution in [0.5, 0.6) is 0 Å². The normalized spacial score (nSPS) is 24.1. The average Bonchev–Trinajstić information content (AvgIpc) is 2.95. The monoisotopic (exact) mass is 491 g/mol. The summed E-state index contributed by atoms with van der Waals surface area (Å²) in [6, 6.07) is 7.04. The Balaban J connectivity index is 0.000000197. The van der Waals surface area contributed by atoms with Gasteiger partial charge < -0.3 is 10.2 Å². The van der Waals surface area contributed by atoms with Gasteiger partial charge in [-0.05, 0) is 113 Å². The van der Waals surface area contributed by atoms with Crippen molar-refractivity contribution in [2.24, 2.45) is 22.7 Å². The lowest BCUT2D eigenvalue weighted by molar-refractivity contribution is 0.0399. The number of nitrogens with zero attached hydrogens (tertiary/aromatic N) is 2. The van der Waals surface area contributed by atoms with Gasteiger partial charge in [-0.25, -0.2) is 4.85 Å². The minimum atomic E-state index is 0.124. The summed E-state index contributed by atoms with van der Waals surface area (Å²) in [5.41, 5.74) is 2.59. The van der Waals surface area contributed by atoms with Gasteiger partial charge in [0.05, 0.1) is 6.57 Å². The van der Waals surface area contributed by atoms with Crippen molar-refractivity contribution in [3.63, 3.8) is 0 Å². The number of rotatable bonds is 3. The molecule has 1 aromatic rings. The fourth-order valence-corrected chi connectivity index (χ4v) is 7.40. The molecule has 0 atom stereocenters. The molecule has 4 fully saturated rings. The Kier molecular flexibility index (Phi) is 9.51. The fraction of sp³-hybridized carbons (Fsp3) is 0.750. The number of nitrogens with one attached hydrogen (secondary N) is 1. The molecule has 2 aliphatic carbocycles. The predicted octanol–water partition coefficient (Wildman–Crippen LogP) is 8.02. The van der Waals surface area contributed by atoms with Crippen molar-refractivity contribution >= 4 is 11.6 Å². The van der Waals surface area contributed by atoms with Gasteiger partial charge in [-0.3, -0.25) is 4.79 Å². The topological polar surface area (TPSA) is 36.7 Å². The molecule has 2 heterocycles. The van der Waals surface area contributed by atoms with E-state index in [-0.39, 0.29) is 5.91 Å². The van der Waals surface area contributed by atoms with Gasteiger partial charge in [0.15, 0.2) is 5.69 Å². The summed E-state index contributed by atoms with van der Waals surface area (Å²) < 4.78 is 0.